The Kier molecular flexibility index (Phi) is 32.6. The number of likely N-dealkylation sites (N-methyl/N-ethyl adjacent to an activating group) is 1. The molecule has 1 amide bonds. The van der Waals surface area contributed by atoms with Crippen LogP contribution < -0.4 is 14.9 Å². The van der Waals surface area contributed by atoms with E-state index in [2.05, 4.69) is 47.2 Å². The summed E-state index contributed by atoms with van der Waals surface area (Å²) in [4.78, 5) is 40.5. The quantitative estimate of drug-likeness (QED) is 0.0297. The molecule has 1 aromatic carbocycles. The second-order valence-corrected chi connectivity index (χ2v) is 17.4. The number of nitrogens with one attached hydrogen (secondary N) is 1. The van der Waals surface area contributed by atoms with Crippen molar-refractivity contribution in [2.75, 3.05) is 80.4 Å². The molecule has 2 aromatic rings. The summed E-state index contributed by atoms with van der Waals surface area (Å²) in [5, 5.41) is 5.70. The van der Waals surface area contributed by atoms with Gasteiger partial charge in [-0.1, -0.05) is 104 Å². The first kappa shape index (κ1) is 57.7. The molecule has 1 N–H and O–H groups in total. The summed E-state index contributed by atoms with van der Waals surface area (Å²) in [7, 11) is -1.18. The van der Waals surface area contributed by atoms with Crippen LogP contribution in [0.4, 0.5) is 0 Å². The summed E-state index contributed by atoms with van der Waals surface area (Å²) in [5.74, 6) is 12.0. The molecule has 16 heteroatoms. The molecule has 1 heterocycles. The Labute approximate surface area is 394 Å². The fourth-order valence-corrected chi connectivity index (χ4v) is 7.60. The highest BCUT2D eigenvalue weighted by Gasteiger charge is 2.21. The number of phosphoric acid groups is 1. The fourth-order valence-electron chi connectivity index (χ4n) is 6.82. The van der Waals surface area contributed by atoms with Crippen molar-refractivity contribution < 1.29 is 51.8 Å². The van der Waals surface area contributed by atoms with Crippen LogP contribution in [0.3, 0.4) is 0 Å². The Morgan fingerprint density at radius 3 is 2.09 bits per heavy atom. The third-order valence-electron chi connectivity index (χ3n) is 10.7. The molecular weight excluding hydrogens is 873 g/mol. The smallest absolute Gasteiger partial charge is 0.308 e. The molecular formula is C49H74ClN3O11P-. The fraction of sp³-hybridized carbons (Fsp3) is 0.673. The molecule has 0 aliphatic rings. The van der Waals surface area contributed by atoms with Crippen LogP contribution >= 0.6 is 19.4 Å². The molecule has 364 valence electrons. The van der Waals surface area contributed by atoms with Crippen molar-refractivity contribution in [1.82, 2.24) is 14.8 Å². The van der Waals surface area contributed by atoms with Gasteiger partial charge in [-0.15, -0.1) is 0 Å². The van der Waals surface area contributed by atoms with E-state index < -0.39 is 19.8 Å². The van der Waals surface area contributed by atoms with Gasteiger partial charge in [-0.05, 0) is 80.6 Å². The molecule has 2 unspecified atom stereocenters. The lowest BCUT2D eigenvalue weighted by molar-refractivity contribution is -0.230. The maximum Gasteiger partial charge on any atom is 0.308 e. The number of carbonyl (C=O) groups excluding carboxylic acids is 2. The molecule has 0 bridgehead atoms. The Balaban J connectivity index is 1.75. The minimum absolute atomic E-state index is 0.00571. The third-order valence-corrected chi connectivity index (χ3v) is 11.8. The lowest BCUT2D eigenvalue weighted by atomic mass is 10.0. The van der Waals surface area contributed by atoms with Crippen molar-refractivity contribution in [3.63, 3.8) is 0 Å². The highest BCUT2D eigenvalue weighted by atomic mass is 35.5. The van der Waals surface area contributed by atoms with E-state index in [0.29, 0.717) is 54.0 Å². The number of rotatable bonds is 38. The van der Waals surface area contributed by atoms with Crippen LogP contribution in [-0.2, 0) is 43.8 Å². The molecule has 14 nitrogen and oxygen atoms in total. The predicted octanol–water partition coefficient (Wildman–Crippen LogP) is 8.53. The highest BCUT2D eigenvalue weighted by molar-refractivity contribution is 7.45. The largest absolute Gasteiger partial charge is 0.756 e. The zero-order valence-corrected chi connectivity index (χ0v) is 41.3. The molecule has 1 aromatic heterocycles. The summed E-state index contributed by atoms with van der Waals surface area (Å²) in [6, 6.07) is 5.25. The number of nitrogens with zero attached hydrogens (tertiary/aromatic N) is 2. The molecule has 0 aliphatic heterocycles. The first-order chi connectivity index (χ1) is 31.6. The van der Waals surface area contributed by atoms with E-state index in [4.69, 9.17) is 44.3 Å². The van der Waals surface area contributed by atoms with Crippen LogP contribution in [0.2, 0.25) is 0 Å². The summed E-state index contributed by atoms with van der Waals surface area (Å²) in [6.07, 6.45) is 19.1. The van der Waals surface area contributed by atoms with Gasteiger partial charge in [-0.3, -0.25) is 18.7 Å². The number of phosphoric ester groups is 1. The van der Waals surface area contributed by atoms with Gasteiger partial charge in [-0.25, -0.2) is 0 Å². The maximum atomic E-state index is 13.1. The molecule has 0 aliphatic carbocycles. The lowest BCUT2D eigenvalue weighted by Gasteiger charge is -2.26. The molecule has 0 spiro atoms. The molecule has 2 atom stereocenters. The standard InChI is InChI=1S/C49H75ClN3O11P/c1-6-8-9-10-11-12-13-14-15-16-17-18-19-22-25-33-59-40-61-38-44(39-64-65(56,57)63-35-32-52(4)7-2)62-41-60-34-26-31-51-48(54)37-45-42(3)53(49(55)27-23-20-21-24-30-50)47-29-28-43(58-5)36-46(45)47/h28-29,36,44H,6-19,22,25-26,31-35,37-41H2,1-5H3,(H,51,54)(H,56,57)/p-1. The summed E-state index contributed by atoms with van der Waals surface area (Å²) in [6.45, 7) is 7.79. The van der Waals surface area contributed by atoms with Gasteiger partial charge in [0.05, 0.1) is 45.5 Å². The van der Waals surface area contributed by atoms with E-state index in [9.17, 15) is 19.0 Å². The number of amides is 1. The average molecular weight is 948 g/mol. The maximum absolute atomic E-state index is 13.1. The van der Waals surface area contributed by atoms with Crippen LogP contribution in [0, 0.1) is 41.9 Å². The van der Waals surface area contributed by atoms with Crippen LogP contribution in [0.1, 0.15) is 133 Å². The monoisotopic (exact) mass is 946 g/mol. The number of fused-ring (bicyclic) bond motifs is 1. The van der Waals surface area contributed by atoms with Crippen molar-refractivity contribution in [3.8, 4) is 40.7 Å². The van der Waals surface area contributed by atoms with Crippen LogP contribution in [0.15, 0.2) is 18.2 Å². The van der Waals surface area contributed by atoms with E-state index in [-0.39, 0.29) is 52.3 Å². The minimum Gasteiger partial charge on any atom is -0.756 e. The first-order valence-electron chi connectivity index (χ1n) is 23.3. The Morgan fingerprint density at radius 1 is 0.815 bits per heavy atom. The van der Waals surface area contributed by atoms with Gasteiger partial charge >= 0.3 is 5.91 Å². The number of carbonyl (C=O) groups is 2. The zero-order chi connectivity index (χ0) is 47.4. The van der Waals surface area contributed by atoms with E-state index in [1.165, 1.54) is 88.0 Å². The molecule has 2 rings (SSSR count). The Morgan fingerprint density at radius 2 is 1.45 bits per heavy atom. The number of halogens is 1. The SMILES string of the molecule is CCCCCCCCCCCCCCCCCOCOCC(COP(=O)([O-])OCCN(C)CC)OCOCCCNC(=O)Cc1c(C)n(C(=O)C#CC#CC#CCl)c2ccc(OC)cc12. The highest BCUT2D eigenvalue weighted by Crippen LogP contribution is 2.38. The molecule has 65 heavy (non-hydrogen) atoms. The number of unbranched alkanes of at least 4 members (excludes halogenated alkanes) is 14. The van der Waals surface area contributed by atoms with E-state index in [1.54, 1.807) is 32.2 Å². The normalized spacial score (nSPS) is 12.4. The predicted molar refractivity (Wildman–Crippen MR) is 254 cm³/mol. The second kappa shape index (κ2) is 36.7. The van der Waals surface area contributed by atoms with Gasteiger partial charge in [0, 0.05) is 53.9 Å². The Bertz CT molecular complexity index is 1890. The summed E-state index contributed by atoms with van der Waals surface area (Å²) >= 11 is 5.29. The minimum atomic E-state index is -4.58. The van der Waals surface area contributed by atoms with Crippen molar-refractivity contribution in [2.45, 2.75) is 136 Å². The van der Waals surface area contributed by atoms with Crippen LogP contribution in [0.25, 0.3) is 10.9 Å². The van der Waals surface area contributed by atoms with Gasteiger partial charge in [0.1, 0.15) is 25.4 Å². The van der Waals surface area contributed by atoms with Crippen molar-refractivity contribution in [1.29, 1.82) is 0 Å². The molecule has 0 saturated carbocycles. The molecule has 0 radical (unpaired) electrons. The number of methoxy groups -OCH3 is 1. The van der Waals surface area contributed by atoms with Crippen molar-refractivity contribution in [2.24, 2.45) is 0 Å². The third kappa shape index (κ3) is 26.5. The number of aromatic nitrogens is 1. The van der Waals surface area contributed by atoms with E-state index in [0.717, 1.165) is 19.4 Å². The van der Waals surface area contributed by atoms with Crippen molar-refractivity contribution >= 4 is 42.1 Å². The number of hydrogen-bond donors (Lipinski definition) is 1. The van der Waals surface area contributed by atoms with Crippen molar-refractivity contribution in [3.05, 3.63) is 29.5 Å². The van der Waals surface area contributed by atoms with Crippen LogP contribution in [-0.4, -0.2) is 108 Å². The zero-order valence-electron chi connectivity index (χ0n) is 39.6. The topological polar surface area (TPSA) is 159 Å². The van der Waals surface area contributed by atoms with Gasteiger partial charge in [-0.2, -0.15) is 0 Å². The van der Waals surface area contributed by atoms with Gasteiger partial charge < -0.3 is 47.8 Å². The summed E-state index contributed by atoms with van der Waals surface area (Å²) < 4.78 is 52.1. The number of hydrogen-bond acceptors (Lipinski definition) is 12. The molecule has 0 fully saturated rings. The lowest BCUT2D eigenvalue weighted by Crippen LogP contribution is -2.29. The van der Waals surface area contributed by atoms with Gasteiger partial charge in [0.2, 0.25) is 5.91 Å². The van der Waals surface area contributed by atoms with Crippen LogP contribution in [0.5, 0.6) is 5.75 Å². The Hall–Kier alpha value is -3.42. The van der Waals surface area contributed by atoms with E-state index >= 15 is 0 Å². The van der Waals surface area contributed by atoms with E-state index in [1.807, 2.05) is 18.9 Å². The second-order valence-electron chi connectivity index (χ2n) is 15.8. The number of ether oxygens (including phenoxy) is 5. The summed E-state index contributed by atoms with van der Waals surface area (Å²) in [5.41, 5.74) is 1.80. The number of benzene rings is 1. The van der Waals surface area contributed by atoms with Gasteiger partial charge in [0.15, 0.2) is 0 Å². The first-order valence-corrected chi connectivity index (χ1v) is 25.1. The van der Waals surface area contributed by atoms with Gasteiger partial charge in [0.25, 0.3) is 7.82 Å². The average Bonchev–Trinajstić information content (AvgIpc) is 3.57. The molecule has 0 saturated heterocycles.